The van der Waals surface area contributed by atoms with Gasteiger partial charge in [-0.1, -0.05) is 60.2 Å². The van der Waals surface area contributed by atoms with Crippen LogP contribution < -0.4 is 15.0 Å². The Bertz CT molecular complexity index is 1150. The van der Waals surface area contributed by atoms with Gasteiger partial charge in [-0.15, -0.1) is 0 Å². The average Bonchev–Trinajstić information content (AvgIpc) is 2.80. The third kappa shape index (κ3) is 4.67. The van der Waals surface area contributed by atoms with Gasteiger partial charge >= 0.3 is 0 Å². The first-order chi connectivity index (χ1) is 15.2. The summed E-state index contributed by atoms with van der Waals surface area (Å²) >= 11 is 0. The number of aryl methyl sites for hydroxylation is 1. The monoisotopic (exact) mass is 410 g/mol. The minimum atomic E-state index is 0.110. The molecular formula is C26H26N4O. The van der Waals surface area contributed by atoms with Crippen molar-refractivity contribution in [3.8, 4) is 5.75 Å². The van der Waals surface area contributed by atoms with Gasteiger partial charge in [-0.2, -0.15) is 4.98 Å². The molecule has 5 heteroatoms. The summed E-state index contributed by atoms with van der Waals surface area (Å²) in [5, 5.41) is 3.50. The maximum Gasteiger partial charge on any atom is 0.236 e. The molecule has 0 spiro atoms. The van der Waals surface area contributed by atoms with Gasteiger partial charge in [0.15, 0.2) is 0 Å². The zero-order chi connectivity index (χ0) is 21.6. The second-order valence-electron chi connectivity index (χ2n) is 7.36. The first kappa shape index (κ1) is 20.4. The van der Waals surface area contributed by atoms with Gasteiger partial charge < -0.3 is 10.1 Å². The molecule has 0 saturated carbocycles. The molecule has 156 valence electrons. The zero-order valence-corrected chi connectivity index (χ0v) is 18.0. The summed E-state index contributed by atoms with van der Waals surface area (Å²) in [6.07, 6.45) is 1.78. The van der Waals surface area contributed by atoms with Crippen LogP contribution in [0, 0.1) is 6.92 Å². The number of anilines is 4. The predicted octanol–water partition coefficient (Wildman–Crippen LogP) is 6.44. The molecule has 0 aliphatic carbocycles. The van der Waals surface area contributed by atoms with Crippen molar-refractivity contribution in [3.05, 3.63) is 102 Å². The van der Waals surface area contributed by atoms with Crippen LogP contribution in [0.25, 0.3) is 0 Å². The standard InChI is InChI=1S/C26H26N4O/c1-19-10-9-11-21(18-19)20(2)28-25-16-17-27-26(29-25)30(22-12-5-4-6-13-22)23-14-7-8-15-24(23)31-3/h4-18,20H,1-3H3,(H,27,28,29). The molecule has 0 fully saturated rings. The SMILES string of the molecule is COc1ccccc1N(c1ccccc1)c1nccc(NC(C)c2cccc(C)c2)n1. The number of para-hydroxylation sites is 3. The van der Waals surface area contributed by atoms with Crippen LogP contribution in [-0.2, 0) is 0 Å². The topological polar surface area (TPSA) is 50.3 Å². The van der Waals surface area contributed by atoms with Gasteiger partial charge in [0.1, 0.15) is 11.6 Å². The molecule has 0 aliphatic rings. The van der Waals surface area contributed by atoms with Crippen LogP contribution in [-0.4, -0.2) is 17.1 Å². The molecule has 0 bridgehead atoms. The van der Waals surface area contributed by atoms with Gasteiger partial charge in [-0.3, -0.25) is 4.90 Å². The Morgan fingerprint density at radius 2 is 1.68 bits per heavy atom. The van der Waals surface area contributed by atoms with Crippen LogP contribution >= 0.6 is 0 Å². The van der Waals surface area contributed by atoms with Crippen LogP contribution in [0.1, 0.15) is 24.1 Å². The summed E-state index contributed by atoms with van der Waals surface area (Å²) in [7, 11) is 1.67. The number of benzene rings is 3. The maximum absolute atomic E-state index is 5.62. The summed E-state index contributed by atoms with van der Waals surface area (Å²) < 4.78 is 5.62. The van der Waals surface area contributed by atoms with Crippen LogP contribution in [0.2, 0.25) is 0 Å². The largest absolute Gasteiger partial charge is 0.495 e. The van der Waals surface area contributed by atoms with E-state index in [-0.39, 0.29) is 6.04 Å². The highest BCUT2D eigenvalue weighted by Gasteiger charge is 2.19. The number of hydrogen-bond acceptors (Lipinski definition) is 5. The minimum absolute atomic E-state index is 0.110. The zero-order valence-electron chi connectivity index (χ0n) is 18.0. The fourth-order valence-corrected chi connectivity index (χ4v) is 3.54. The summed E-state index contributed by atoms with van der Waals surface area (Å²) in [6.45, 7) is 4.23. The second-order valence-corrected chi connectivity index (χ2v) is 7.36. The first-order valence-corrected chi connectivity index (χ1v) is 10.3. The summed E-state index contributed by atoms with van der Waals surface area (Å²) in [5.74, 6) is 2.08. The van der Waals surface area contributed by atoms with E-state index in [0.717, 1.165) is 22.9 Å². The number of methoxy groups -OCH3 is 1. The maximum atomic E-state index is 5.62. The van der Waals surface area contributed by atoms with E-state index in [0.29, 0.717) is 5.95 Å². The molecule has 4 rings (SSSR count). The van der Waals surface area contributed by atoms with E-state index in [4.69, 9.17) is 9.72 Å². The molecule has 1 aromatic heterocycles. The predicted molar refractivity (Wildman–Crippen MR) is 126 cm³/mol. The number of nitrogens with one attached hydrogen (secondary N) is 1. The van der Waals surface area contributed by atoms with Gasteiger partial charge in [-0.25, -0.2) is 4.98 Å². The lowest BCUT2D eigenvalue weighted by Crippen LogP contribution is -2.16. The van der Waals surface area contributed by atoms with Crippen LogP contribution in [0.4, 0.5) is 23.1 Å². The molecule has 4 aromatic rings. The Kier molecular flexibility index (Phi) is 6.13. The van der Waals surface area contributed by atoms with Gasteiger partial charge in [-0.05, 0) is 49.7 Å². The van der Waals surface area contributed by atoms with Crippen LogP contribution in [0.15, 0.2) is 91.1 Å². The van der Waals surface area contributed by atoms with E-state index < -0.39 is 0 Å². The van der Waals surface area contributed by atoms with Gasteiger partial charge in [0.25, 0.3) is 0 Å². The Balaban J connectivity index is 1.71. The fraction of sp³-hybridized carbons (Fsp3) is 0.154. The van der Waals surface area contributed by atoms with E-state index >= 15 is 0 Å². The number of nitrogens with zero attached hydrogens (tertiary/aromatic N) is 3. The second kappa shape index (κ2) is 9.30. The van der Waals surface area contributed by atoms with Crippen molar-refractivity contribution in [1.82, 2.24) is 9.97 Å². The summed E-state index contributed by atoms with van der Waals surface area (Å²) in [6, 6.07) is 28.4. The smallest absolute Gasteiger partial charge is 0.236 e. The Labute approximate surface area is 183 Å². The van der Waals surface area contributed by atoms with Gasteiger partial charge in [0, 0.05) is 17.9 Å². The van der Waals surface area contributed by atoms with E-state index in [2.05, 4.69) is 48.4 Å². The van der Waals surface area contributed by atoms with Crippen molar-refractivity contribution in [2.75, 3.05) is 17.3 Å². The molecular weight excluding hydrogens is 384 g/mol. The molecule has 0 radical (unpaired) electrons. The van der Waals surface area contributed by atoms with Gasteiger partial charge in [0.2, 0.25) is 5.95 Å². The third-order valence-corrected chi connectivity index (χ3v) is 5.09. The molecule has 1 atom stereocenters. The number of hydrogen-bond donors (Lipinski definition) is 1. The molecule has 0 saturated heterocycles. The summed E-state index contributed by atoms with van der Waals surface area (Å²) in [5.41, 5.74) is 4.28. The number of rotatable bonds is 7. The highest BCUT2D eigenvalue weighted by molar-refractivity contribution is 5.77. The van der Waals surface area contributed by atoms with Crippen molar-refractivity contribution in [2.45, 2.75) is 19.9 Å². The van der Waals surface area contributed by atoms with Gasteiger partial charge in [0.05, 0.1) is 12.8 Å². The average molecular weight is 411 g/mol. The van der Waals surface area contributed by atoms with Crippen molar-refractivity contribution in [3.63, 3.8) is 0 Å². The quantitative estimate of drug-likeness (QED) is 0.380. The molecule has 31 heavy (non-hydrogen) atoms. The Morgan fingerprint density at radius 3 is 2.45 bits per heavy atom. The minimum Gasteiger partial charge on any atom is -0.495 e. The molecule has 1 unspecified atom stereocenters. The molecule has 1 heterocycles. The normalized spacial score (nSPS) is 11.6. The first-order valence-electron chi connectivity index (χ1n) is 10.3. The van der Waals surface area contributed by atoms with Crippen molar-refractivity contribution in [1.29, 1.82) is 0 Å². The number of ether oxygens (including phenoxy) is 1. The van der Waals surface area contributed by atoms with E-state index in [1.807, 2.05) is 65.6 Å². The van der Waals surface area contributed by atoms with E-state index in [9.17, 15) is 0 Å². The lowest BCUT2D eigenvalue weighted by atomic mass is 10.1. The van der Waals surface area contributed by atoms with Crippen LogP contribution in [0.5, 0.6) is 5.75 Å². The molecule has 3 aromatic carbocycles. The lowest BCUT2D eigenvalue weighted by molar-refractivity contribution is 0.416. The van der Waals surface area contributed by atoms with Crippen molar-refractivity contribution < 1.29 is 4.74 Å². The fourth-order valence-electron chi connectivity index (χ4n) is 3.54. The third-order valence-electron chi connectivity index (χ3n) is 5.09. The summed E-state index contributed by atoms with van der Waals surface area (Å²) in [4.78, 5) is 11.4. The Hall–Kier alpha value is -3.86. The molecule has 5 nitrogen and oxygen atoms in total. The Morgan fingerprint density at radius 1 is 0.903 bits per heavy atom. The number of aromatic nitrogens is 2. The van der Waals surface area contributed by atoms with E-state index in [1.165, 1.54) is 11.1 Å². The molecule has 0 aliphatic heterocycles. The van der Waals surface area contributed by atoms with E-state index in [1.54, 1.807) is 13.3 Å². The highest BCUT2D eigenvalue weighted by atomic mass is 16.5. The highest BCUT2D eigenvalue weighted by Crippen LogP contribution is 2.38. The van der Waals surface area contributed by atoms with Crippen molar-refractivity contribution in [2.24, 2.45) is 0 Å². The molecule has 0 amide bonds. The lowest BCUT2D eigenvalue weighted by Gasteiger charge is -2.25. The van der Waals surface area contributed by atoms with Crippen LogP contribution in [0.3, 0.4) is 0 Å². The molecule has 1 N–H and O–H groups in total. The van der Waals surface area contributed by atoms with Crippen molar-refractivity contribution >= 4 is 23.1 Å².